The predicted octanol–water partition coefficient (Wildman–Crippen LogP) is -2.97. The molecule has 3 N–H and O–H groups in total. The Kier molecular flexibility index (Phi) is 26.4. The summed E-state index contributed by atoms with van der Waals surface area (Å²) in [6.07, 6.45) is 0. The Balaban J connectivity index is -0.0000000450. The van der Waals surface area contributed by atoms with E-state index in [1.807, 2.05) is 0 Å². The molecule has 0 saturated carbocycles. The normalized spacial score (nSPS) is 4.50. The van der Waals surface area contributed by atoms with E-state index in [2.05, 4.69) is 0 Å². The molecule has 0 aromatic heterocycles. The Labute approximate surface area is 83.5 Å². The molecule has 0 aliphatic rings. The zero-order valence-corrected chi connectivity index (χ0v) is 7.75. The summed E-state index contributed by atoms with van der Waals surface area (Å²) >= 11 is 0. The molecule has 0 amide bonds. The van der Waals surface area contributed by atoms with Gasteiger partial charge >= 0.3 is 31.0 Å². The fourth-order valence-corrected chi connectivity index (χ4v) is 0. The molecule has 1 radical (unpaired) electrons. The van der Waals surface area contributed by atoms with Gasteiger partial charge in [0, 0.05) is 38.6 Å². The number of hydrogen-bond acceptors (Lipinski definition) is 3. The Morgan fingerprint density at radius 3 is 1.00 bits per heavy atom. The van der Waals surface area contributed by atoms with Gasteiger partial charge in [-0.25, -0.2) is 0 Å². The van der Waals surface area contributed by atoms with Crippen LogP contribution < -0.4 is 0 Å². The molecule has 0 unspecified atom stereocenters. The van der Waals surface area contributed by atoms with Crippen LogP contribution in [0.2, 0.25) is 0 Å². The van der Waals surface area contributed by atoms with Crippen molar-refractivity contribution < 1.29 is 53.7 Å². The van der Waals surface area contributed by atoms with Gasteiger partial charge in [0.15, 0.2) is 0 Å². The molecule has 41 valence electrons. The molecular weight excluding hydrogens is 345 g/mol. The average Bonchev–Trinajstić information content (AvgIpc) is 0.811. The van der Waals surface area contributed by atoms with Crippen LogP contribution in [0.1, 0.15) is 0 Å². The molecule has 0 spiro atoms. The van der Waals surface area contributed by atoms with Gasteiger partial charge in [0.25, 0.3) is 0 Å². The third-order valence-electron chi connectivity index (χ3n) is 0. The topological polar surface area (TPSA) is 60.7 Å². The van der Waals surface area contributed by atoms with Crippen LogP contribution in [-0.4, -0.2) is 46.1 Å². The summed E-state index contributed by atoms with van der Waals surface area (Å²) in [5, 5.41) is 21.5. The van der Waals surface area contributed by atoms with Gasteiger partial charge in [-0.05, 0) is 0 Å². The average molecular weight is 350 g/mol. The summed E-state index contributed by atoms with van der Waals surface area (Å²) in [5.41, 5.74) is 0. The summed E-state index contributed by atoms with van der Waals surface area (Å²) in [4.78, 5) is 0. The molecule has 0 aliphatic carbocycles. The number of hydrogen-bond donors (Lipinski definition) is 3. The van der Waals surface area contributed by atoms with Gasteiger partial charge in [0.1, 0.15) is 0 Å². The van der Waals surface area contributed by atoms with Crippen molar-refractivity contribution in [3.8, 4) is 0 Å². The van der Waals surface area contributed by atoms with E-state index in [4.69, 9.17) is 15.1 Å². The van der Waals surface area contributed by atoms with Crippen molar-refractivity contribution in [3.63, 3.8) is 0 Å². The van der Waals surface area contributed by atoms with E-state index < -0.39 is 7.32 Å². The summed E-state index contributed by atoms with van der Waals surface area (Å²) < 4.78 is 0. The monoisotopic (exact) mass is 353 g/mol. The summed E-state index contributed by atoms with van der Waals surface area (Å²) in [6, 6.07) is 0. The minimum absolute atomic E-state index is 0. The van der Waals surface area contributed by atoms with Gasteiger partial charge in [0.05, 0.1) is 0 Å². The third kappa shape index (κ3) is 37.2. The van der Waals surface area contributed by atoms with Crippen molar-refractivity contribution in [2.75, 3.05) is 0 Å². The fraction of sp³-hybridized carbons (Fsp3) is 0. The van der Waals surface area contributed by atoms with Crippen LogP contribution in [0.15, 0.2) is 0 Å². The number of rotatable bonds is 0. The van der Waals surface area contributed by atoms with Crippen molar-refractivity contribution in [2.24, 2.45) is 0 Å². The van der Waals surface area contributed by atoms with Gasteiger partial charge in [-0.3, -0.25) is 0 Å². The van der Waals surface area contributed by atoms with Gasteiger partial charge in [-0.15, -0.1) is 0 Å². The van der Waals surface area contributed by atoms with Crippen molar-refractivity contribution in [2.45, 2.75) is 0 Å². The fourth-order valence-electron chi connectivity index (χ4n) is 0. The first kappa shape index (κ1) is 15.7. The molecule has 3 nitrogen and oxygen atoms in total. The maximum atomic E-state index is 7.17. The molecule has 0 bridgehead atoms. The molecule has 0 aliphatic heterocycles. The van der Waals surface area contributed by atoms with Crippen molar-refractivity contribution in [3.05, 3.63) is 0 Å². The quantitative estimate of drug-likeness (QED) is 0.409. The second kappa shape index (κ2) is 10.1. The van der Waals surface area contributed by atoms with E-state index in [9.17, 15) is 0 Å². The van der Waals surface area contributed by atoms with Crippen LogP contribution in [0.25, 0.3) is 0 Å². The van der Waals surface area contributed by atoms with Crippen molar-refractivity contribution >= 4 is 31.0 Å². The Morgan fingerprint density at radius 2 is 1.00 bits per heavy atom. The van der Waals surface area contributed by atoms with Crippen molar-refractivity contribution in [1.29, 1.82) is 0 Å². The van der Waals surface area contributed by atoms with Gasteiger partial charge < -0.3 is 15.1 Å². The molecule has 6 heavy (non-hydrogen) atoms. The van der Waals surface area contributed by atoms with E-state index in [1.54, 1.807) is 0 Å². The van der Waals surface area contributed by atoms with Gasteiger partial charge in [-0.2, -0.15) is 0 Å². The molecule has 6 heteroatoms. The van der Waals surface area contributed by atoms with Crippen LogP contribution >= 0.6 is 0 Å². The van der Waals surface area contributed by atoms with E-state index in [1.165, 1.54) is 0 Å². The van der Waals surface area contributed by atoms with E-state index in [-0.39, 0.29) is 62.3 Å². The van der Waals surface area contributed by atoms with Crippen LogP contribution in [0.3, 0.4) is 0 Å². The molecule has 0 rings (SSSR count). The molecular formula is H5BO3TbTe. The van der Waals surface area contributed by atoms with Gasteiger partial charge in [0.2, 0.25) is 0 Å². The Hall–Kier alpha value is 2.02. The van der Waals surface area contributed by atoms with E-state index in [0.717, 1.165) is 0 Å². The predicted molar refractivity (Wildman–Crippen MR) is 21.0 cm³/mol. The molecule has 0 aromatic rings. The van der Waals surface area contributed by atoms with Crippen LogP contribution in [0.4, 0.5) is 0 Å². The summed E-state index contributed by atoms with van der Waals surface area (Å²) in [6.45, 7) is 0. The van der Waals surface area contributed by atoms with Gasteiger partial charge in [-0.1, -0.05) is 0 Å². The Morgan fingerprint density at radius 1 is 1.00 bits per heavy atom. The first-order valence-corrected chi connectivity index (χ1v) is 0.775. The second-order valence-corrected chi connectivity index (χ2v) is 0.346. The van der Waals surface area contributed by atoms with E-state index >= 15 is 0 Å². The van der Waals surface area contributed by atoms with E-state index in [0.29, 0.717) is 0 Å². The maximum absolute atomic E-state index is 7.17. The second-order valence-electron chi connectivity index (χ2n) is 0.346. The SMILES string of the molecule is OB(O)O.[Tb].[TeH2]. The summed E-state index contributed by atoms with van der Waals surface area (Å²) in [7, 11) is -2.17. The molecule has 0 aromatic carbocycles. The molecule has 0 heterocycles. The zero-order chi connectivity index (χ0) is 3.58. The van der Waals surface area contributed by atoms with Crippen LogP contribution in [-0.2, 0) is 0 Å². The standard InChI is InChI=1S/BH3O3.Tb.H2Te/c2-1(3)4;;/h2-4H;;1H2. The Bertz CT molecular complexity index is 15.5. The van der Waals surface area contributed by atoms with Crippen molar-refractivity contribution in [1.82, 2.24) is 0 Å². The molecule has 0 atom stereocenters. The van der Waals surface area contributed by atoms with Crippen LogP contribution in [0, 0.1) is 38.6 Å². The third-order valence-corrected chi connectivity index (χ3v) is 0. The van der Waals surface area contributed by atoms with Crippen LogP contribution in [0.5, 0.6) is 0 Å². The first-order chi connectivity index (χ1) is 1.73. The minimum atomic E-state index is -2.17. The molecule has 0 fully saturated rings. The zero-order valence-electron chi connectivity index (χ0n) is 2.75. The summed E-state index contributed by atoms with van der Waals surface area (Å²) in [5.74, 6) is 0. The first-order valence-electron chi connectivity index (χ1n) is 0.775. The molecule has 0 saturated heterocycles.